The second-order valence-electron chi connectivity index (χ2n) is 7.48. The number of aliphatic hydroxyl groups is 1. The van der Waals surface area contributed by atoms with Gasteiger partial charge >= 0.3 is 0 Å². The van der Waals surface area contributed by atoms with Gasteiger partial charge in [0.05, 0.1) is 16.7 Å². The summed E-state index contributed by atoms with van der Waals surface area (Å²) in [6, 6.07) is 6.40. The summed E-state index contributed by atoms with van der Waals surface area (Å²) in [5.41, 5.74) is 0.671. The van der Waals surface area contributed by atoms with Crippen molar-refractivity contribution in [1.82, 2.24) is 29.4 Å². The second kappa shape index (κ2) is 8.17. The van der Waals surface area contributed by atoms with Gasteiger partial charge in [0.1, 0.15) is 6.33 Å². The highest BCUT2D eigenvalue weighted by molar-refractivity contribution is 7.89. The summed E-state index contributed by atoms with van der Waals surface area (Å²) in [6.45, 7) is 1.80. The van der Waals surface area contributed by atoms with Crippen LogP contribution in [0.3, 0.4) is 0 Å². The first-order chi connectivity index (χ1) is 13.9. The van der Waals surface area contributed by atoms with E-state index in [9.17, 15) is 18.3 Å². The number of amides is 1. The molecule has 0 atom stereocenters. The molecule has 0 unspecified atom stereocenters. The van der Waals surface area contributed by atoms with E-state index in [4.69, 9.17) is 0 Å². The molecule has 1 aromatic carbocycles. The SMILES string of the molecule is O=C(C1CCN(S(=O)(=O)c2ccc(-n3cnnn3)cc2)CC1)N1CCC(O)CC1. The van der Waals surface area contributed by atoms with Crippen LogP contribution in [0.15, 0.2) is 35.5 Å². The largest absolute Gasteiger partial charge is 0.393 e. The maximum Gasteiger partial charge on any atom is 0.243 e. The molecule has 2 aliphatic rings. The molecule has 3 heterocycles. The fraction of sp³-hybridized carbons (Fsp3) is 0.556. The molecule has 0 aliphatic carbocycles. The fourth-order valence-electron chi connectivity index (χ4n) is 3.89. The number of tetrazole rings is 1. The van der Waals surface area contributed by atoms with E-state index >= 15 is 0 Å². The Bertz CT molecular complexity index is 931. The topological polar surface area (TPSA) is 122 Å². The van der Waals surface area contributed by atoms with E-state index in [1.165, 1.54) is 15.3 Å². The molecule has 1 aromatic heterocycles. The van der Waals surface area contributed by atoms with Crippen LogP contribution in [0.2, 0.25) is 0 Å². The summed E-state index contributed by atoms with van der Waals surface area (Å²) in [5.74, 6) is -0.0707. The minimum Gasteiger partial charge on any atom is -0.393 e. The number of nitrogens with zero attached hydrogens (tertiary/aromatic N) is 6. The molecule has 1 N–H and O–H groups in total. The van der Waals surface area contributed by atoms with Gasteiger partial charge in [0, 0.05) is 32.1 Å². The number of hydrogen-bond acceptors (Lipinski definition) is 7. The van der Waals surface area contributed by atoms with Gasteiger partial charge in [0.2, 0.25) is 15.9 Å². The molecule has 2 saturated heterocycles. The molecular formula is C18H24N6O4S. The number of piperidine rings is 2. The van der Waals surface area contributed by atoms with Crippen LogP contribution in [0.4, 0.5) is 0 Å². The van der Waals surface area contributed by atoms with E-state index in [0.717, 1.165) is 0 Å². The molecule has 0 bridgehead atoms. The molecule has 156 valence electrons. The van der Waals surface area contributed by atoms with E-state index < -0.39 is 10.0 Å². The van der Waals surface area contributed by atoms with Crippen molar-refractivity contribution in [3.05, 3.63) is 30.6 Å². The van der Waals surface area contributed by atoms with Crippen LogP contribution in [0.1, 0.15) is 25.7 Å². The van der Waals surface area contributed by atoms with Gasteiger partial charge in [-0.05, 0) is 60.4 Å². The van der Waals surface area contributed by atoms with Gasteiger partial charge in [-0.1, -0.05) is 0 Å². The smallest absolute Gasteiger partial charge is 0.243 e. The van der Waals surface area contributed by atoms with Crippen LogP contribution in [0.5, 0.6) is 0 Å². The number of likely N-dealkylation sites (tertiary alicyclic amines) is 1. The Morgan fingerprint density at radius 3 is 2.24 bits per heavy atom. The van der Waals surface area contributed by atoms with Crippen molar-refractivity contribution in [3.8, 4) is 5.69 Å². The average molecular weight is 420 g/mol. The zero-order chi connectivity index (χ0) is 20.4. The molecular weight excluding hydrogens is 396 g/mol. The highest BCUT2D eigenvalue weighted by atomic mass is 32.2. The van der Waals surface area contributed by atoms with E-state index in [2.05, 4.69) is 15.5 Å². The minimum absolute atomic E-state index is 0.0831. The van der Waals surface area contributed by atoms with E-state index in [0.29, 0.717) is 57.5 Å². The maximum atomic E-state index is 13.0. The lowest BCUT2D eigenvalue weighted by molar-refractivity contribution is -0.138. The van der Waals surface area contributed by atoms with Gasteiger partial charge in [-0.25, -0.2) is 13.1 Å². The first-order valence-electron chi connectivity index (χ1n) is 9.75. The Balaban J connectivity index is 1.38. The first kappa shape index (κ1) is 19.9. The number of aromatic nitrogens is 4. The summed E-state index contributed by atoms with van der Waals surface area (Å²) in [5, 5.41) is 20.5. The fourth-order valence-corrected chi connectivity index (χ4v) is 5.36. The van der Waals surface area contributed by atoms with Crippen LogP contribution in [-0.2, 0) is 14.8 Å². The van der Waals surface area contributed by atoms with Crippen LogP contribution in [-0.4, -0.2) is 81.1 Å². The summed E-state index contributed by atoms with van der Waals surface area (Å²) in [4.78, 5) is 14.7. The summed E-state index contributed by atoms with van der Waals surface area (Å²) >= 11 is 0. The Morgan fingerprint density at radius 2 is 1.66 bits per heavy atom. The van der Waals surface area contributed by atoms with Crippen molar-refractivity contribution in [2.45, 2.75) is 36.7 Å². The molecule has 29 heavy (non-hydrogen) atoms. The lowest BCUT2D eigenvalue weighted by Gasteiger charge is -2.36. The summed E-state index contributed by atoms with van der Waals surface area (Å²) < 4.78 is 28.8. The number of benzene rings is 1. The Morgan fingerprint density at radius 1 is 1.00 bits per heavy atom. The maximum absolute atomic E-state index is 13.0. The van der Waals surface area contributed by atoms with Crippen molar-refractivity contribution in [2.24, 2.45) is 5.92 Å². The molecule has 0 saturated carbocycles. The molecule has 10 nitrogen and oxygen atoms in total. The lowest BCUT2D eigenvalue weighted by atomic mass is 9.95. The van der Waals surface area contributed by atoms with E-state index in [1.807, 2.05) is 0 Å². The monoisotopic (exact) mass is 420 g/mol. The number of rotatable bonds is 4. The highest BCUT2D eigenvalue weighted by Gasteiger charge is 2.34. The molecule has 0 spiro atoms. The van der Waals surface area contributed by atoms with Crippen molar-refractivity contribution in [1.29, 1.82) is 0 Å². The van der Waals surface area contributed by atoms with Crippen LogP contribution >= 0.6 is 0 Å². The van der Waals surface area contributed by atoms with Crippen molar-refractivity contribution in [2.75, 3.05) is 26.2 Å². The number of carbonyl (C=O) groups is 1. The Kier molecular flexibility index (Phi) is 5.61. The van der Waals surface area contributed by atoms with Crippen LogP contribution in [0, 0.1) is 5.92 Å². The predicted octanol–water partition coefficient (Wildman–Crippen LogP) is 0.0463. The third-order valence-electron chi connectivity index (χ3n) is 5.67. The first-order valence-corrected chi connectivity index (χ1v) is 11.2. The lowest BCUT2D eigenvalue weighted by Crippen LogP contribution is -2.47. The summed E-state index contributed by atoms with van der Waals surface area (Å²) in [6.07, 6.45) is 3.37. The zero-order valence-electron chi connectivity index (χ0n) is 16.0. The van der Waals surface area contributed by atoms with Gasteiger partial charge in [-0.2, -0.15) is 4.31 Å². The molecule has 2 aromatic rings. The molecule has 2 aliphatic heterocycles. The number of sulfonamides is 1. The number of aliphatic hydroxyl groups excluding tert-OH is 1. The van der Waals surface area contributed by atoms with E-state index in [1.54, 1.807) is 29.2 Å². The van der Waals surface area contributed by atoms with Crippen molar-refractivity contribution in [3.63, 3.8) is 0 Å². The van der Waals surface area contributed by atoms with Gasteiger partial charge in [0.15, 0.2) is 0 Å². The quantitative estimate of drug-likeness (QED) is 0.741. The number of carbonyl (C=O) groups excluding carboxylic acids is 1. The van der Waals surface area contributed by atoms with Crippen LogP contribution in [0.25, 0.3) is 5.69 Å². The van der Waals surface area contributed by atoms with Gasteiger partial charge in [-0.3, -0.25) is 4.79 Å². The average Bonchev–Trinajstić information content (AvgIpc) is 3.29. The third-order valence-corrected chi connectivity index (χ3v) is 7.58. The van der Waals surface area contributed by atoms with Gasteiger partial charge < -0.3 is 10.0 Å². The van der Waals surface area contributed by atoms with Gasteiger partial charge in [0.25, 0.3) is 0 Å². The number of hydrogen-bond donors (Lipinski definition) is 1. The normalized spacial score (nSPS) is 20.1. The molecule has 11 heteroatoms. The second-order valence-corrected chi connectivity index (χ2v) is 9.42. The standard InChI is InChI=1S/C18H24N6O4S/c25-16-7-9-22(10-8-16)18(26)14-5-11-23(12-6-14)29(27,28)17-3-1-15(2-4-17)24-13-19-20-21-24/h1-4,13-14,16,25H,5-12H2. The molecule has 4 rings (SSSR count). The zero-order valence-corrected chi connectivity index (χ0v) is 16.8. The van der Waals surface area contributed by atoms with Crippen molar-refractivity contribution < 1.29 is 18.3 Å². The van der Waals surface area contributed by atoms with Crippen molar-refractivity contribution >= 4 is 15.9 Å². The highest BCUT2D eigenvalue weighted by Crippen LogP contribution is 2.26. The van der Waals surface area contributed by atoms with Gasteiger partial charge in [-0.15, -0.1) is 5.10 Å². The Labute approximate surface area is 169 Å². The molecule has 0 radical (unpaired) electrons. The minimum atomic E-state index is -3.61. The molecule has 1 amide bonds. The predicted molar refractivity (Wildman–Crippen MR) is 102 cm³/mol. The van der Waals surface area contributed by atoms with Crippen LogP contribution < -0.4 is 0 Å². The summed E-state index contributed by atoms with van der Waals surface area (Å²) in [7, 11) is -3.61. The molecule has 2 fully saturated rings. The Hall–Kier alpha value is -2.37. The van der Waals surface area contributed by atoms with E-state index in [-0.39, 0.29) is 22.8 Å². The third kappa shape index (κ3) is 4.16.